The van der Waals surface area contributed by atoms with Gasteiger partial charge in [-0.25, -0.2) is 0 Å². The normalized spacial score (nSPS) is 18.4. The number of rotatable bonds is 2. The van der Waals surface area contributed by atoms with Gasteiger partial charge >= 0.3 is 0 Å². The summed E-state index contributed by atoms with van der Waals surface area (Å²) in [5.41, 5.74) is 1.47. The van der Waals surface area contributed by atoms with Crippen LogP contribution in [0.1, 0.15) is 18.4 Å². The van der Waals surface area contributed by atoms with Crippen molar-refractivity contribution in [1.29, 1.82) is 0 Å². The van der Waals surface area contributed by atoms with E-state index in [1.54, 1.807) is 0 Å². The van der Waals surface area contributed by atoms with Crippen LogP contribution in [-0.2, 0) is 6.42 Å². The van der Waals surface area contributed by atoms with Crippen LogP contribution in [0.15, 0.2) is 28.7 Å². The first-order chi connectivity index (χ1) is 6.84. The first-order valence-electron chi connectivity index (χ1n) is 5.30. The number of nitrogens with one attached hydrogen (secondary N) is 1. The molecule has 14 heavy (non-hydrogen) atoms. The fraction of sp³-hybridized carbons (Fsp3) is 0.500. The van der Waals surface area contributed by atoms with Gasteiger partial charge in [0.05, 0.1) is 0 Å². The molecule has 0 aliphatic carbocycles. The average molecular weight is 254 g/mol. The van der Waals surface area contributed by atoms with Gasteiger partial charge in [-0.15, -0.1) is 0 Å². The van der Waals surface area contributed by atoms with E-state index in [1.165, 1.54) is 42.4 Å². The van der Waals surface area contributed by atoms with Gasteiger partial charge in [0, 0.05) is 4.47 Å². The third kappa shape index (κ3) is 2.82. The Kier molecular flexibility index (Phi) is 3.60. The number of halogens is 1. The van der Waals surface area contributed by atoms with Crippen LogP contribution < -0.4 is 5.32 Å². The maximum absolute atomic E-state index is 3.46. The highest BCUT2D eigenvalue weighted by Crippen LogP contribution is 2.19. The molecule has 1 fully saturated rings. The molecule has 76 valence electrons. The summed E-state index contributed by atoms with van der Waals surface area (Å²) < 4.78 is 1.17. The molecule has 0 saturated carbocycles. The van der Waals surface area contributed by atoms with Gasteiger partial charge in [0.15, 0.2) is 0 Å². The lowest BCUT2D eigenvalue weighted by atomic mass is 9.91. The molecule has 1 aliphatic heterocycles. The second kappa shape index (κ2) is 4.94. The zero-order valence-corrected chi connectivity index (χ0v) is 9.89. The molecule has 0 amide bonds. The first-order valence-corrected chi connectivity index (χ1v) is 6.09. The second-order valence-corrected chi connectivity index (χ2v) is 4.94. The van der Waals surface area contributed by atoms with E-state index in [0.29, 0.717) is 0 Å². The Hall–Kier alpha value is -0.340. The second-order valence-electron chi connectivity index (χ2n) is 4.02. The van der Waals surface area contributed by atoms with Gasteiger partial charge < -0.3 is 5.32 Å². The van der Waals surface area contributed by atoms with Crippen LogP contribution in [0.25, 0.3) is 0 Å². The molecular weight excluding hydrogens is 238 g/mol. The molecule has 2 heteroatoms. The topological polar surface area (TPSA) is 12.0 Å². The number of hydrogen-bond acceptors (Lipinski definition) is 1. The van der Waals surface area contributed by atoms with Crippen LogP contribution in [-0.4, -0.2) is 13.1 Å². The molecule has 0 bridgehead atoms. The minimum absolute atomic E-state index is 0.887. The van der Waals surface area contributed by atoms with Gasteiger partial charge in [0.1, 0.15) is 0 Å². The molecule has 0 atom stereocenters. The summed E-state index contributed by atoms with van der Waals surface area (Å²) in [4.78, 5) is 0. The summed E-state index contributed by atoms with van der Waals surface area (Å²) in [5.74, 6) is 0.887. The van der Waals surface area contributed by atoms with Crippen molar-refractivity contribution in [3.63, 3.8) is 0 Å². The molecule has 1 N–H and O–H groups in total. The highest BCUT2D eigenvalue weighted by atomic mass is 79.9. The van der Waals surface area contributed by atoms with Crippen molar-refractivity contribution >= 4 is 15.9 Å². The largest absolute Gasteiger partial charge is 0.317 e. The zero-order valence-electron chi connectivity index (χ0n) is 8.30. The number of hydrogen-bond donors (Lipinski definition) is 1. The SMILES string of the molecule is Brc1ccc(CC2CCNCC2)cc1. The fourth-order valence-corrected chi connectivity index (χ4v) is 2.30. The smallest absolute Gasteiger partial charge is 0.0175 e. The highest BCUT2D eigenvalue weighted by Gasteiger charge is 2.12. The van der Waals surface area contributed by atoms with E-state index in [0.717, 1.165) is 5.92 Å². The molecule has 1 nitrogen and oxygen atoms in total. The zero-order chi connectivity index (χ0) is 9.80. The van der Waals surface area contributed by atoms with Gasteiger partial charge in [-0.1, -0.05) is 28.1 Å². The van der Waals surface area contributed by atoms with Gasteiger partial charge in [0.25, 0.3) is 0 Å². The van der Waals surface area contributed by atoms with Gasteiger partial charge in [-0.3, -0.25) is 0 Å². The maximum Gasteiger partial charge on any atom is 0.0175 e. The van der Waals surface area contributed by atoms with E-state index in [2.05, 4.69) is 45.5 Å². The van der Waals surface area contributed by atoms with Crippen molar-refractivity contribution in [2.24, 2.45) is 5.92 Å². The molecule has 1 aromatic rings. The Labute approximate surface area is 94.0 Å². The number of piperidine rings is 1. The molecule has 0 spiro atoms. The quantitative estimate of drug-likeness (QED) is 0.855. The van der Waals surface area contributed by atoms with E-state index in [1.807, 2.05) is 0 Å². The van der Waals surface area contributed by atoms with E-state index in [4.69, 9.17) is 0 Å². The van der Waals surface area contributed by atoms with Crippen LogP contribution in [0.2, 0.25) is 0 Å². The lowest BCUT2D eigenvalue weighted by Gasteiger charge is -2.22. The summed E-state index contributed by atoms with van der Waals surface area (Å²) in [5, 5.41) is 3.40. The molecule has 0 aromatic heterocycles. The van der Waals surface area contributed by atoms with Crippen LogP contribution in [0.5, 0.6) is 0 Å². The minimum Gasteiger partial charge on any atom is -0.317 e. The van der Waals surface area contributed by atoms with E-state index in [9.17, 15) is 0 Å². The Morgan fingerprint density at radius 1 is 1.14 bits per heavy atom. The predicted octanol–water partition coefficient (Wildman–Crippen LogP) is 2.99. The molecule has 1 aliphatic rings. The molecule has 2 rings (SSSR count). The Morgan fingerprint density at radius 2 is 1.79 bits per heavy atom. The molecular formula is C12H16BrN. The third-order valence-electron chi connectivity index (χ3n) is 2.90. The van der Waals surface area contributed by atoms with E-state index >= 15 is 0 Å². The Morgan fingerprint density at radius 3 is 2.43 bits per heavy atom. The van der Waals surface area contributed by atoms with Crippen molar-refractivity contribution in [2.45, 2.75) is 19.3 Å². The van der Waals surface area contributed by atoms with Crippen LogP contribution in [0, 0.1) is 5.92 Å². The molecule has 0 unspecified atom stereocenters. The Balaban J connectivity index is 1.92. The van der Waals surface area contributed by atoms with Crippen LogP contribution >= 0.6 is 15.9 Å². The van der Waals surface area contributed by atoms with Crippen molar-refractivity contribution in [3.05, 3.63) is 34.3 Å². The standard InChI is InChI=1S/C12H16BrN/c13-12-3-1-10(2-4-12)9-11-5-7-14-8-6-11/h1-4,11,14H,5-9H2. The van der Waals surface area contributed by atoms with Gasteiger partial charge in [0.2, 0.25) is 0 Å². The summed E-state index contributed by atoms with van der Waals surface area (Å²) in [6.07, 6.45) is 3.90. The Bertz CT molecular complexity index is 275. The van der Waals surface area contributed by atoms with Crippen molar-refractivity contribution < 1.29 is 0 Å². The highest BCUT2D eigenvalue weighted by molar-refractivity contribution is 9.10. The summed E-state index contributed by atoms with van der Waals surface area (Å²) >= 11 is 3.46. The third-order valence-corrected chi connectivity index (χ3v) is 3.43. The van der Waals surface area contributed by atoms with Gasteiger partial charge in [-0.2, -0.15) is 0 Å². The maximum atomic E-state index is 3.46. The number of benzene rings is 1. The molecule has 1 aromatic carbocycles. The molecule has 1 saturated heterocycles. The summed E-state index contributed by atoms with van der Waals surface area (Å²) in [7, 11) is 0. The summed E-state index contributed by atoms with van der Waals surface area (Å²) in [6.45, 7) is 2.39. The first kappa shape index (κ1) is 10.2. The van der Waals surface area contributed by atoms with E-state index < -0.39 is 0 Å². The average Bonchev–Trinajstić information content (AvgIpc) is 2.23. The summed E-state index contributed by atoms with van der Waals surface area (Å²) in [6, 6.07) is 8.73. The lowest BCUT2D eigenvalue weighted by molar-refractivity contribution is 0.372. The van der Waals surface area contributed by atoms with Crippen molar-refractivity contribution in [3.8, 4) is 0 Å². The van der Waals surface area contributed by atoms with Crippen LogP contribution in [0.4, 0.5) is 0 Å². The predicted molar refractivity (Wildman–Crippen MR) is 63.4 cm³/mol. The molecule has 1 heterocycles. The van der Waals surface area contributed by atoms with Crippen molar-refractivity contribution in [2.75, 3.05) is 13.1 Å². The van der Waals surface area contributed by atoms with Crippen molar-refractivity contribution in [1.82, 2.24) is 5.32 Å². The monoisotopic (exact) mass is 253 g/mol. The molecule has 0 radical (unpaired) electrons. The minimum atomic E-state index is 0.887. The fourth-order valence-electron chi connectivity index (χ4n) is 2.04. The van der Waals surface area contributed by atoms with Crippen LogP contribution in [0.3, 0.4) is 0 Å². The van der Waals surface area contributed by atoms with E-state index in [-0.39, 0.29) is 0 Å². The lowest BCUT2D eigenvalue weighted by Crippen LogP contribution is -2.28. The van der Waals surface area contributed by atoms with Gasteiger partial charge in [-0.05, 0) is 56.0 Å².